The number of nitrogens with two attached hydrogens (primary N) is 1. The first kappa shape index (κ1) is 14.9. The summed E-state index contributed by atoms with van der Waals surface area (Å²) in [5.74, 6) is 0.970. The van der Waals surface area contributed by atoms with Gasteiger partial charge in [-0.25, -0.2) is 5.43 Å². The fraction of sp³-hybridized carbons (Fsp3) is 0.333. The first-order valence-corrected chi connectivity index (χ1v) is 7.68. The highest BCUT2D eigenvalue weighted by atomic mass is 16.5. The highest BCUT2D eigenvalue weighted by molar-refractivity contribution is 5.40. The van der Waals surface area contributed by atoms with Crippen LogP contribution in [0, 0.1) is 13.8 Å². The zero-order chi connectivity index (χ0) is 15.5. The molecule has 22 heavy (non-hydrogen) atoms. The molecule has 116 valence electrons. The number of aryl methyl sites for hydroxylation is 2. The molecule has 1 aliphatic heterocycles. The minimum atomic E-state index is 0.294. The normalized spacial score (nSPS) is 21.0. The lowest BCUT2D eigenvalue weighted by Crippen LogP contribution is -2.34. The number of ether oxygens (including phenoxy) is 1. The maximum absolute atomic E-state index is 5.98. The molecule has 4 heteroatoms. The van der Waals surface area contributed by atoms with E-state index in [2.05, 4.69) is 55.0 Å². The molecule has 4 N–H and O–H groups in total. The largest absolute Gasteiger partial charge is 0.492 e. The molecule has 0 amide bonds. The van der Waals surface area contributed by atoms with E-state index in [1.54, 1.807) is 0 Å². The number of hydrogen-bond donors (Lipinski definition) is 3. The van der Waals surface area contributed by atoms with Crippen molar-refractivity contribution in [2.75, 3.05) is 12.3 Å². The van der Waals surface area contributed by atoms with Crippen LogP contribution in [-0.4, -0.2) is 12.6 Å². The Labute approximate surface area is 131 Å². The standard InChI is InChI=1S/C18H23N3O/c1-12-3-4-13(2)18(9-12)22-11-16-10-17(21-20-16)14-5-7-15(19)8-6-14/h3-9,16-17,20-21H,10-11,19H2,1-2H3. The number of hydrazine groups is 1. The fourth-order valence-electron chi connectivity index (χ4n) is 2.73. The Morgan fingerprint density at radius 3 is 2.64 bits per heavy atom. The lowest BCUT2D eigenvalue weighted by atomic mass is 10.0. The summed E-state index contributed by atoms with van der Waals surface area (Å²) in [6, 6.07) is 14.9. The van der Waals surface area contributed by atoms with Gasteiger partial charge in [0.1, 0.15) is 12.4 Å². The summed E-state index contributed by atoms with van der Waals surface area (Å²) in [5, 5.41) is 0. The third-order valence-electron chi connectivity index (χ3n) is 4.10. The van der Waals surface area contributed by atoms with E-state index in [1.165, 1.54) is 16.7 Å². The van der Waals surface area contributed by atoms with Crippen molar-refractivity contribution in [3.05, 3.63) is 59.2 Å². The molecule has 0 saturated carbocycles. The van der Waals surface area contributed by atoms with E-state index in [9.17, 15) is 0 Å². The number of benzene rings is 2. The molecule has 4 nitrogen and oxygen atoms in total. The van der Waals surface area contributed by atoms with Crippen LogP contribution in [0.25, 0.3) is 0 Å². The number of anilines is 1. The van der Waals surface area contributed by atoms with Crippen LogP contribution >= 0.6 is 0 Å². The molecule has 0 spiro atoms. The molecule has 2 atom stereocenters. The van der Waals surface area contributed by atoms with E-state index in [4.69, 9.17) is 10.5 Å². The molecule has 0 aromatic heterocycles. The van der Waals surface area contributed by atoms with Crippen molar-refractivity contribution in [1.29, 1.82) is 0 Å². The molecule has 0 bridgehead atoms. The molecule has 2 aromatic carbocycles. The quantitative estimate of drug-likeness (QED) is 0.760. The van der Waals surface area contributed by atoms with Crippen LogP contribution < -0.4 is 21.3 Å². The third-order valence-corrected chi connectivity index (χ3v) is 4.10. The number of rotatable bonds is 4. The van der Waals surface area contributed by atoms with E-state index in [1.807, 2.05) is 12.1 Å². The Bertz CT molecular complexity index is 639. The van der Waals surface area contributed by atoms with Gasteiger partial charge in [-0.2, -0.15) is 0 Å². The zero-order valence-electron chi connectivity index (χ0n) is 13.1. The van der Waals surface area contributed by atoms with Crippen LogP contribution in [0.5, 0.6) is 5.75 Å². The van der Waals surface area contributed by atoms with Crippen molar-refractivity contribution in [3.8, 4) is 5.75 Å². The van der Waals surface area contributed by atoms with Gasteiger partial charge >= 0.3 is 0 Å². The van der Waals surface area contributed by atoms with Crippen LogP contribution in [0.1, 0.15) is 29.2 Å². The molecule has 0 aliphatic carbocycles. The van der Waals surface area contributed by atoms with Crippen LogP contribution in [-0.2, 0) is 0 Å². The molecule has 2 aromatic rings. The van der Waals surface area contributed by atoms with Crippen molar-refractivity contribution < 1.29 is 4.74 Å². The Balaban J connectivity index is 1.57. The van der Waals surface area contributed by atoms with E-state index in [0.717, 1.165) is 17.9 Å². The van der Waals surface area contributed by atoms with Crippen molar-refractivity contribution in [1.82, 2.24) is 10.9 Å². The summed E-state index contributed by atoms with van der Waals surface area (Å²) in [4.78, 5) is 0. The summed E-state index contributed by atoms with van der Waals surface area (Å²) in [6.07, 6.45) is 0.995. The summed E-state index contributed by atoms with van der Waals surface area (Å²) in [5.41, 5.74) is 16.8. The average Bonchev–Trinajstić information content (AvgIpc) is 2.98. The zero-order valence-corrected chi connectivity index (χ0v) is 13.1. The number of nitrogen functional groups attached to an aromatic ring is 1. The van der Waals surface area contributed by atoms with E-state index >= 15 is 0 Å². The van der Waals surface area contributed by atoms with E-state index in [-0.39, 0.29) is 0 Å². The maximum atomic E-state index is 5.98. The Morgan fingerprint density at radius 1 is 1.09 bits per heavy atom. The Hall–Kier alpha value is -2.04. The van der Waals surface area contributed by atoms with Gasteiger partial charge in [0.25, 0.3) is 0 Å². The lowest BCUT2D eigenvalue weighted by molar-refractivity contribution is 0.271. The summed E-state index contributed by atoms with van der Waals surface area (Å²) in [7, 11) is 0. The van der Waals surface area contributed by atoms with E-state index in [0.29, 0.717) is 18.7 Å². The first-order chi connectivity index (χ1) is 10.6. The van der Waals surface area contributed by atoms with Crippen molar-refractivity contribution in [2.24, 2.45) is 0 Å². The first-order valence-electron chi connectivity index (χ1n) is 7.68. The molecule has 3 rings (SSSR count). The highest BCUT2D eigenvalue weighted by Gasteiger charge is 2.25. The van der Waals surface area contributed by atoms with Crippen LogP contribution in [0.4, 0.5) is 5.69 Å². The van der Waals surface area contributed by atoms with Crippen molar-refractivity contribution in [3.63, 3.8) is 0 Å². The monoisotopic (exact) mass is 297 g/mol. The smallest absolute Gasteiger partial charge is 0.122 e. The molecule has 2 unspecified atom stereocenters. The maximum Gasteiger partial charge on any atom is 0.122 e. The number of hydrogen-bond acceptors (Lipinski definition) is 4. The predicted molar refractivity (Wildman–Crippen MR) is 89.7 cm³/mol. The molecule has 1 heterocycles. The summed E-state index contributed by atoms with van der Waals surface area (Å²) < 4.78 is 5.98. The van der Waals surface area contributed by atoms with Gasteiger partial charge in [-0.05, 0) is 55.2 Å². The van der Waals surface area contributed by atoms with Crippen LogP contribution in [0.3, 0.4) is 0 Å². The highest BCUT2D eigenvalue weighted by Crippen LogP contribution is 2.24. The SMILES string of the molecule is Cc1ccc(C)c(OCC2CC(c3ccc(N)cc3)NN2)c1. The summed E-state index contributed by atoms with van der Waals surface area (Å²) >= 11 is 0. The molecule has 1 aliphatic rings. The number of nitrogens with one attached hydrogen (secondary N) is 2. The van der Waals surface area contributed by atoms with Crippen LogP contribution in [0.2, 0.25) is 0 Å². The molecule has 1 fully saturated rings. The second kappa shape index (κ2) is 6.38. The molecule has 1 saturated heterocycles. The van der Waals surface area contributed by atoms with Gasteiger partial charge in [0.15, 0.2) is 0 Å². The lowest BCUT2D eigenvalue weighted by Gasteiger charge is -2.14. The van der Waals surface area contributed by atoms with Gasteiger partial charge in [-0.3, -0.25) is 5.43 Å². The minimum Gasteiger partial charge on any atom is -0.492 e. The molecular formula is C18H23N3O. The molecule has 0 radical (unpaired) electrons. The average molecular weight is 297 g/mol. The van der Waals surface area contributed by atoms with Gasteiger partial charge in [-0.1, -0.05) is 24.3 Å². The van der Waals surface area contributed by atoms with Gasteiger partial charge < -0.3 is 10.5 Å². The Morgan fingerprint density at radius 2 is 1.86 bits per heavy atom. The van der Waals surface area contributed by atoms with Crippen molar-refractivity contribution in [2.45, 2.75) is 32.4 Å². The second-order valence-corrected chi connectivity index (χ2v) is 6.02. The van der Waals surface area contributed by atoms with Gasteiger partial charge in [-0.15, -0.1) is 0 Å². The molecular weight excluding hydrogens is 274 g/mol. The van der Waals surface area contributed by atoms with Gasteiger partial charge in [0.2, 0.25) is 0 Å². The topological polar surface area (TPSA) is 59.3 Å². The third kappa shape index (κ3) is 3.40. The van der Waals surface area contributed by atoms with Crippen LogP contribution in [0.15, 0.2) is 42.5 Å². The van der Waals surface area contributed by atoms with Gasteiger partial charge in [0, 0.05) is 11.7 Å². The Kier molecular flexibility index (Phi) is 4.32. The van der Waals surface area contributed by atoms with Crippen molar-refractivity contribution >= 4 is 5.69 Å². The summed E-state index contributed by atoms with van der Waals surface area (Å²) in [6.45, 7) is 4.81. The fourth-order valence-corrected chi connectivity index (χ4v) is 2.73. The second-order valence-electron chi connectivity index (χ2n) is 6.02. The predicted octanol–water partition coefficient (Wildman–Crippen LogP) is 2.87. The minimum absolute atomic E-state index is 0.294. The van der Waals surface area contributed by atoms with Gasteiger partial charge in [0.05, 0.1) is 6.04 Å². The van der Waals surface area contributed by atoms with E-state index < -0.39 is 0 Å².